The zero-order valence-corrected chi connectivity index (χ0v) is 40.6. The lowest BCUT2D eigenvalue weighted by atomic mass is 9.55. The molecule has 5 heterocycles. The number of imide groups is 1. The van der Waals surface area contributed by atoms with Crippen LogP contribution in [0.15, 0.2) is 59.4 Å². The SMILES string of the molecule is Cn1c(=O)n(C2CCC(=O)NC2=O)c2ccc(CCCC3(C(=O)O)CCN(C(=O)[C@H]4CCCC(N5[C@@H](C(N)=O)[C@H](c6cccc(Cl)c6F)[C@]6(C(=O)Nc7cc(Cl)ccc76)C56CCCCC6)C4)CC3)cc21. The van der Waals surface area contributed by atoms with Gasteiger partial charge in [0.15, 0.2) is 0 Å². The summed E-state index contributed by atoms with van der Waals surface area (Å²) in [7, 11) is 1.64. The molecule has 370 valence electrons. The van der Waals surface area contributed by atoms with Gasteiger partial charge < -0.3 is 21.1 Å². The third-order valence-electron chi connectivity index (χ3n) is 17.3. The molecule has 18 heteroatoms. The fourth-order valence-corrected chi connectivity index (χ4v) is 14.5. The number of nitrogens with one attached hydrogen (secondary N) is 2. The lowest BCUT2D eigenvalue weighted by Gasteiger charge is -2.54. The van der Waals surface area contributed by atoms with Crippen LogP contribution in [-0.2, 0) is 47.7 Å². The maximum absolute atomic E-state index is 16.6. The largest absolute Gasteiger partial charge is 0.481 e. The van der Waals surface area contributed by atoms with Crippen molar-refractivity contribution in [2.24, 2.45) is 24.1 Å². The molecule has 10 rings (SSSR count). The van der Waals surface area contributed by atoms with Crippen LogP contribution in [0.4, 0.5) is 10.1 Å². The number of carbonyl (C=O) groups is 6. The van der Waals surface area contributed by atoms with E-state index < -0.39 is 63.9 Å². The second kappa shape index (κ2) is 18.2. The summed E-state index contributed by atoms with van der Waals surface area (Å²) in [5.74, 6) is -5.09. The molecule has 3 aromatic carbocycles. The van der Waals surface area contributed by atoms with Crippen molar-refractivity contribution >= 4 is 75.4 Å². The van der Waals surface area contributed by atoms with E-state index in [9.17, 15) is 33.9 Å². The number of aliphatic carboxylic acids is 1. The van der Waals surface area contributed by atoms with Crippen LogP contribution in [0.1, 0.15) is 125 Å². The molecule has 70 heavy (non-hydrogen) atoms. The molecule has 4 aromatic rings. The number of carboxylic acid groups (broad SMARTS) is 1. The van der Waals surface area contributed by atoms with Gasteiger partial charge in [0.2, 0.25) is 29.5 Å². The number of likely N-dealkylation sites (tertiary alicyclic amines) is 2. The first-order valence-corrected chi connectivity index (χ1v) is 25.5. The van der Waals surface area contributed by atoms with Gasteiger partial charge in [-0.2, -0.15) is 0 Å². The topological polar surface area (TPSA) is 206 Å². The lowest BCUT2D eigenvalue weighted by molar-refractivity contribution is -0.156. The third kappa shape index (κ3) is 7.48. The number of halogens is 3. The van der Waals surface area contributed by atoms with Crippen molar-refractivity contribution in [2.75, 3.05) is 18.4 Å². The molecular formula is C52H58Cl2FN7O8. The molecule has 1 aromatic heterocycles. The van der Waals surface area contributed by atoms with Gasteiger partial charge in [0.1, 0.15) is 17.3 Å². The van der Waals surface area contributed by atoms with E-state index in [0.717, 1.165) is 24.8 Å². The van der Waals surface area contributed by atoms with E-state index in [1.165, 1.54) is 15.2 Å². The molecule has 4 aliphatic heterocycles. The minimum Gasteiger partial charge on any atom is -0.481 e. The molecule has 0 bridgehead atoms. The van der Waals surface area contributed by atoms with Crippen LogP contribution < -0.4 is 22.1 Å². The molecule has 2 spiro atoms. The summed E-state index contributed by atoms with van der Waals surface area (Å²) >= 11 is 13.0. The van der Waals surface area contributed by atoms with Gasteiger partial charge >= 0.3 is 11.7 Å². The Balaban J connectivity index is 0.879. The van der Waals surface area contributed by atoms with Gasteiger partial charge in [-0.25, -0.2) is 9.18 Å². The summed E-state index contributed by atoms with van der Waals surface area (Å²) in [4.78, 5) is 98.9. The number of aryl methyl sites for hydroxylation is 2. The van der Waals surface area contributed by atoms with Crippen LogP contribution in [0.3, 0.4) is 0 Å². The fraction of sp³-hybridized carbons (Fsp3) is 0.519. The highest BCUT2D eigenvalue weighted by molar-refractivity contribution is 6.31. The molecule has 2 saturated carbocycles. The zero-order valence-electron chi connectivity index (χ0n) is 39.1. The molecule has 3 saturated heterocycles. The minimum absolute atomic E-state index is 0.0647. The van der Waals surface area contributed by atoms with E-state index in [1.54, 1.807) is 42.3 Å². The number of piperidine rings is 2. The standard InChI is InChI=1S/C52H58Cl2FN7O8/c1-59-39-26-29(13-16-37(39)61(49(59)70)38-17-18-40(63)58-45(38)65)8-7-19-50(48(68)69)22-24-60(25-23-50)46(66)30-9-5-10-32(27-30)62-43(44(56)64)41(33-11-6-12-35(54)42(33)55)52(51(62)20-3-2-4-21-51)34-15-14-31(53)28-36(34)57-47(52)67/h6,11-16,26,28,30,32,38,41,43H,2-5,7-10,17-25,27H2,1H3,(H2,56,64)(H,57,67)(H,68,69)(H,58,63,65)/t30-,32?,38?,41-,43+,52+/m0/s1. The average Bonchev–Trinajstić information content (AvgIpc) is 3.88. The lowest BCUT2D eigenvalue weighted by Crippen LogP contribution is -2.64. The van der Waals surface area contributed by atoms with Gasteiger partial charge in [-0.05, 0) is 118 Å². The fourth-order valence-electron chi connectivity index (χ4n) is 14.1. The molecule has 2 unspecified atom stereocenters. The maximum Gasteiger partial charge on any atom is 0.329 e. The number of carboxylic acids is 1. The molecular weight excluding hydrogens is 941 g/mol. The molecule has 5 amide bonds. The number of nitrogens with two attached hydrogens (primary N) is 1. The molecule has 5 fully saturated rings. The van der Waals surface area contributed by atoms with Crippen molar-refractivity contribution < 1.29 is 38.3 Å². The number of imidazole rings is 1. The molecule has 5 N–H and O–H groups in total. The van der Waals surface area contributed by atoms with Gasteiger partial charge in [0, 0.05) is 60.7 Å². The number of nitrogens with zero attached hydrogens (tertiary/aromatic N) is 4. The van der Waals surface area contributed by atoms with Gasteiger partial charge in [0.05, 0.1) is 27.5 Å². The maximum atomic E-state index is 16.6. The third-order valence-corrected chi connectivity index (χ3v) is 17.8. The van der Waals surface area contributed by atoms with Gasteiger partial charge in [-0.3, -0.25) is 48.1 Å². The van der Waals surface area contributed by atoms with Crippen molar-refractivity contribution in [2.45, 2.75) is 138 Å². The van der Waals surface area contributed by atoms with Crippen LogP contribution in [0.25, 0.3) is 11.0 Å². The number of anilines is 1. The number of rotatable bonds is 10. The first kappa shape index (κ1) is 48.1. The molecule has 15 nitrogen and oxygen atoms in total. The second-order valence-electron chi connectivity index (χ2n) is 20.7. The Kier molecular flexibility index (Phi) is 12.5. The quantitative estimate of drug-likeness (QED) is 0.122. The smallest absolute Gasteiger partial charge is 0.329 e. The van der Waals surface area contributed by atoms with Gasteiger partial charge in [0.25, 0.3) is 0 Å². The number of aromatic nitrogens is 2. The number of primary amides is 1. The summed E-state index contributed by atoms with van der Waals surface area (Å²) in [6.07, 6.45) is 8.19. The summed E-state index contributed by atoms with van der Waals surface area (Å²) in [5, 5.41) is 16.4. The van der Waals surface area contributed by atoms with Crippen molar-refractivity contribution in [1.29, 1.82) is 0 Å². The summed E-state index contributed by atoms with van der Waals surface area (Å²) in [5.41, 5.74) is 6.03. The van der Waals surface area contributed by atoms with Gasteiger partial charge in [-0.15, -0.1) is 0 Å². The van der Waals surface area contributed by atoms with Crippen molar-refractivity contribution in [1.82, 2.24) is 24.3 Å². The van der Waals surface area contributed by atoms with E-state index in [1.807, 2.05) is 18.2 Å². The van der Waals surface area contributed by atoms with E-state index in [2.05, 4.69) is 15.5 Å². The van der Waals surface area contributed by atoms with Crippen LogP contribution in [0.5, 0.6) is 0 Å². The monoisotopic (exact) mass is 997 g/mol. The predicted molar refractivity (Wildman–Crippen MR) is 260 cm³/mol. The van der Waals surface area contributed by atoms with Crippen molar-refractivity contribution in [3.63, 3.8) is 0 Å². The zero-order chi connectivity index (χ0) is 49.4. The summed E-state index contributed by atoms with van der Waals surface area (Å²) in [6, 6.07) is 13.2. The highest BCUT2D eigenvalue weighted by atomic mass is 35.5. The first-order chi connectivity index (χ1) is 33.5. The Morgan fingerprint density at radius 3 is 2.36 bits per heavy atom. The Hall–Kier alpha value is -5.58. The number of benzene rings is 3. The van der Waals surface area contributed by atoms with E-state index >= 15 is 9.18 Å². The predicted octanol–water partition coefficient (Wildman–Crippen LogP) is 6.88. The van der Waals surface area contributed by atoms with E-state index in [-0.39, 0.29) is 78.8 Å². The highest BCUT2D eigenvalue weighted by Gasteiger charge is 2.76. The normalized spacial score (nSPS) is 27.5. The minimum atomic E-state index is -1.46. The van der Waals surface area contributed by atoms with Gasteiger partial charge in [-0.1, -0.05) is 73.2 Å². The Labute approximate surface area is 414 Å². The number of carbonyl (C=O) groups excluding carboxylic acids is 5. The number of amides is 5. The molecule has 0 radical (unpaired) electrons. The van der Waals surface area contributed by atoms with E-state index in [4.69, 9.17) is 28.9 Å². The van der Waals surface area contributed by atoms with Crippen molar-refractivity contribution in [3.05, 3.63) is 97.6 Å². The number of hydrogen-bond donors (Lipinski definition) is 4. The van der Waals surface area contributed by atoms with Crippen LogP contribution in [0, 0.1) is 17.2 Å². The highest BCUT2D eigenvalue weighted by Crippen LogP contribution is 2.67. The van der Waals surface area contributed by atoms with Crippen molar-refractivity contribution in [3.8, 4) is 0 Å². The summed E-state index contributed by atoms with van der Waals surface area (Å²) < 4.78 is 19.5. The summed E-state index contributed by atoms with van der Waals surface area (Å²) in [6.45, 7) is 0.537. The Morgan fingerprint density at radius 1 is 0.886 bits per heavy atom. The Morgan fingerprint density at radius 2 is 1.64 bits per heavy atom. The van der Waals surface area contributed by atoms with Crippen LogP contribution in [-0.4, -0.2) is 90.3 Å². The molecule has 2 aliphatic carbocycles. The first-order valence-electron chi connectivity index (χ1n) is 24.7. The van der Waals surface area contributed by atoms with Crippen LogP contribution >= 0.6 is 23.2 Å². The number of fused-ring (bicyclic) bond motifs is 4. The van der Waals surface area contributed by atoms with E-state index in [0.29, 0.717) is 85.1 Å². The average molecular weight is 999 g/mol. The number of hydrogen-bond acceptors (Lipinski definition) is 8. The molecule has 6 aliphatic rings. The van der Waals surface area contributed by atoms with Crippen LogP contribution in [0.2, 0.25) is 10.0 Å². The Bertz CT molecular complexity index is 2910. The second-order valence-corrected chi connectivity index (χ2v) is 21.5. The molecule has 6 atom stereocenters.